The molecule has 0 aliphatic heterocycles. The first-order chi connectivity index (χ1) is 8.99. The number of aliphatic carboxylic acids is 1. The van der Waals surface area contributed by atoms with Crippen LogP contribution in [-0.4, -0.2) is 29.1 Å². The molecule has 1 rings (SSSR count). The van der Waals surface area contributed by atoms with Gasteiger partial charge in [-0.2, -0.15) is 0 Å². The van der Waals surface area contributed by atoms with E-state index in [9.17, 15) is 14.4 Å². The fourth-order valence-corrected chi connectivity index (χ4v) is 1.31. The molecule has 0 aliphatic carbocycles. The lowest BCUT2D eigenvalue weighted by molar-refractivity contribution is -0.139. The Bertz CT molecular complexity index is 460. The molecule has 0 saturated carbocycles. The third kappa shape index (κ3) is 5.53. The minimum absolute atomic E-state index is 0.0887. The van der Waals surface area contributed by atoms with Gasteiger partial charge in [0.15, 0.2) is 0 Å². The van der Waals surface area contributed by atoms with E-state index in [-0.39, 0.29) is 12.8 Å². The van der Waals surface area contributed by atoms with Gasteiger partial charge in [0.05, 0.1) is 0 Å². The molecule has 7 heteroatoms. The van der Waals surface area contributed by atoms with Crippen LogP contribution in [0.1, 0.15) is 12.8 Å². The lowest BCUT2D eigenvalue weighted by Crippen LogP contribution is -2.42. The summed E-state index contributed by atoms with van der Waals surface area (Å²) >= 11 is 0. The molecule has 102 valence electrons. The molecule has 19 heavy (non-hydrogen) atoms. The summed E-state index contributed by atoms with van der Waals surface area (Å²) in [6.07, 6.45) is -1.12. The fraction of sp³-hybridized carbons (Fsp3) is 0.250. The molecule has 0 saturated heterocycles. The van der Waals surface area contributed by atoms with E-state index >= 15 is 0 Å². The molecule has 0 bridgehead atoms. The van der Waals surface area contributed by atoms with Gasteiger partial charge in [-0.3, -0.25) is 4.79 Å². The van der Waals surface area contributed by atoms with Gasteiger partial charge < -0.3 is 20.9 Å². The largest absolute Gasteiger partial charge is 0.480 e. The molecule has 0 aromatic heterocycles. The molecule has 0 unspecified atom stereocenters. The van der Waals surface area contributed by atoms with Gasteiger partial charge in [-0.15, -0.1) is 0 Å². The standard InChI is InChI=1S/C12H14N2O5/c13-10(15)7-6-9(11(16)17)14-12(18)19-8-4-2-1-3-5-8/h1-5,9H,6-7H2,(H2,13,15)(H,14,18)(H,16,17)/t9-/m0/s1. The summed E-state index contributed by atoms with van der Waals surface area (Å²) in [6.45, 7) is 0. The molecule has 0 radical (unpaired) electrons. The molecular formula is C12H14N2O5. The van der Waals surface area contributed by atoms with Gasteiger partial charge in [-0.25, -0.2) is 9.59 Å². The van der Waals surface area contributed by atoms with Crippen LogP contribution in [-0.2, 0) is 9.59 Å². The van der Waals surface area contributed by atoms with Crippen molar-refractivity contribution in [3.05, 3.63) is 30.3 Å². The predicted octanol–water partition coefficient (Wildman–Crippen LogP) is 0.494. The van der Waals surface area contributed by atoms with Gasteiger partial charge in [0.2, 0.25) is 5.91 Å². The number of amides is 2. The number of carboxylic acids is 1. The van der Waals surface area contributed by atoms with E-state index in [0.717, 1.165) is 0 Å². The number of primary amides is 1. The molecule has 0 spiro atoms. The Morgan fingerprint density at radius 2 is 1.89 bits per heavy atom. The smallest absolute Gasteiger partial charge is 0.413 e. The zero-order valence-corrected chi connectivity index (χ0v) is 10.0. The van der Waals surface area contributed by atoms with Gasteiger partial charge in [0.25, 0.3) is 0 Å². The topological polar surface area (TPSA) is 119 Å². The third-order valence-corrected chi connectivity index (χ3v) is 2.22. The van der Waals surface area contributed by atoms with Crippen LogP contribution in [0.5, 0.6) is 5.75 Å². The number of rotatable bonds is 6. The van der Waals surface area contributed by atoms with E-state index < -0.39 is 24.0 Å². The van der Waals surface area contributed by atoms with E-state index in [2.05, 4.69) is 5.32 Å². The number of benzene rings is 1. The molecule has 4 N–H and O–H groups in total. The van der Waals surface area contributed by atoms with E-state index in [4.69, 9.17) is 15.6 Å². The molecule has 0 aliphatic rings. The SMILES string of the molecule is NC(=O)CC[C@H](NC(=O)Oc1ccccc1)C(=O)O. The monoisotopic (exact) mass is 266 g/mol. The zero-order chi connectivity index (χ0) is 14.3. The van der Waals surface area contributed by atoms with Crippen LogP contribution >= 0.6 is 0 Å². The van der Waals surface area contributed by atoms with Crippen molar-refractivity contribution in [1.82, 2.24) is 5.32 Å². The molecule has 1 atom stereocenters. The van der Waals surface area contributed by atoms with E-state index in [1.807, 2.05) is 0 Å². The number of nitrogens with one attached hydrogen (secondary N) is 1. The van der Waals surface area contributed by atoms with Crippen molar-refractivity contribution in [2.75, 3.05) is 0 Å². The number of hydrogen-bond donors (Lipinski definition) is 3. The summed E-state index contributed by atoms with van der Waals surface area (Å²) in [4.78, 5) is 32.9. The summed E-state index contributed by atoms with van der Waals surface area (Å²) in [5.74, 6) is -1.60. The normalized spacial score (nSPS) is 11.4. The number of nitrogens with two attached hydrogens (primary N) is 1. The molecular weight excluding hydrogens is 252 g/mol. The summed E-state index contributed by atoms with van der Waals surface area (Å²) in [6, 6.07) is 6.98. The van der Waals surface area contributed by atoms with E-state index in [1.54, 1.807) is 30.3 Å². The number of carbonyl (C=O) groups excluding carboxylic acids is 2. The van der Waals surface area contributed by atoms with Crippen LogP contribution in [0.3, 0.4) is 0 Å². The minimum atomic E-state index is -1.26. The van der Waals surface area contributed by atoms with Gasteiger partial charge in [0, 0.05) is 6.42 Å². The Kier molecular flexibility index (Phi) is 5.34. The molecule has 1 aromatic carbocycles. The van der Waals surface area contributed by atoms with Crippen LogP contribution in [0, 0.1) is 0 Å². The average molecular weight is 266 g/mol. The van der Waals surface area contributed by atoms with E-state index in [0.29, 0.717) is 5.75 Å². The first-order valence-electron chi connectivity index (χ1n) is 5.53. The number of hydrogen-bond acceptors (Lipinski definition) is 4. The Morgan fingerprint density at radius 1 is 1.26 bits per heavy atom. The second kappa shape index (κ2) is 7.00. The molecule has 1 aromatic rings. The zero-order valence-electron chi connectivity index (χ0n) is 10.0. The van der Waals surface area contributed by atoms with Crippen molar-refractivity contribution < 1.29 is 24.2 Å². The quantitative estimate of drug-likeness (QED) is 0.692. The van der Waals surface area contributed by atoms with Gasteiger partial charge in [0.1, 0.15) is 11.8 Å². The van der Waals surface area contributed by atoms with Crippen molar-refractivity contribution >= 4 is 18.0 Å². The second-order valence-corrected chi connectivity index (χ2v) is 3.74. The Labute approximate surface area is 109 Å². The van der Waals surface area contributed by atoms with Gasteiger partial charge in [-0.05, 0) is 18.6 Å². The van der Waals surface area contributed by atoms with Crippen molar-refractivity contribution in [2.45, 2.75) is 18.9 Å². The Balaban J connectivity index is 2.52. The van der Waals surface area contributed by atoms with Crippen molar-refractivity contribution in [2.24, 2.45) is 5.73 Å². The lowest BCUT2D eigenvalue weighted by atomic mass is 10.1. The second-order valence-electron chi connectivity index (χ2n) is 3.74. The minimum Gasteiger partial charge on any atom is -0.480 e. The molecule has 0 fully saturated rings. The fourth-order valence-electron chi connectivity index (χ4n) is 1.31. The summed E-state index contributed by atoms with van der Waals surface area (Å²) in [5, 5.41) is 11.0. The summed E-state index contributed by atoms with van der Waals surface area (Å²) in [7, 11) is 0. The maximum atomic E-state index is 11.5. The van der Waals surface area contributed by atoms with Crippen LogP contribution in [0.4, 0.5) is 4.79 Å². The molecule has 7 nitrogen and oxygen atoms in total. The number of para-hydroxylation sites is 1. The van der Waals surface area contributed by atoms with Crippen molar-refractivity contribution in [1.29, 1.82) is 0 Å². The summed E-state index contributed by atoms with van der Waals surface area (Å²) in [5.41, 5.74) is 4.92. The lowest BCUT2D eigenvalue weighted by Gasteiger charge is -2.13. The van der Waals surface area contributed by atoms with Crippen LogP contribution in [0.2, 0.25) is 0 Å². The highest BCUT2D eigenvalue weighted by atomic mass is 16.6. The number of ether oxygens (including phenoxy) is 1. The van der Waals surface area contributed by atoms with Crippen LogP contribution in [0.15, 0.2) is 30.3 Å². The molecule has 2 amide bonds. The first-order valence-corrected chi connectivity index (χ1v) is 5.53. The molecule has 0 heterocycles. The highest BCUT2D eigenvalue weighted by molar-refractivity contribution is 5.82. The number of carboxylic acid groups (broad SMARTS) is 1. The Hall–Kier alpha value is -2.57. The first kappa shape index (κ1) is 14.5. The van der Waals surface area contributed by atoms with Crippen LogP contribution < -0.4 is 15.8 Å². The van der Waals surface area contributed by atoms with Crippen molar-refractivity contribution in [3.8, 4) is 5.75 Å². The Morgan fingerprint density at radius 3 is 2.42 bits per heavy atom. The maximum Gasteiger partial charge on any atom is 0.413 e. The van der Waals surface area contributed by atoms with Gasteiger partial charge in [-0.1, -0.05) is 18.2 Å². The average Bonchev–Trinajstić information content (AvgIpc) is 2.35. The van der Waals surface area contributed by atoms with Gasteiger partial charge >= 0.3 is 12.1 Å². The van der Waals surface area contributed by atoms with Crippen LogP contribution in [0.25, 0.3) is 0 Å². The predicted molar refractivity (Wildman–Crippen MR) is 65.5 cm³/mol. The highest BCUT2D eigenvalue weighted by Crippen LogP contribution is 2.08. The highest BCUT2D eigenvalue weighted by Gasteiger charge is 2.21. The summed E-state index contributed by atoms with van der Waals surface area (Å²) < 4.78 is 4.87. The van der Waals surface area contributed by atoms with Crippen molar-refractivity contribution in [3.63, 3.8) is 0 Å². The number of carbonyl (C=O) groups is 3. The third-order valence-electron chi connectivity index (χ3n) is 2.22. The van der Waals surface area contributed by atoms with E-state index in [1.165, 1.54) is 0 Å². The maximum absolute atomic E-state index is 11.5.